The molecule has 0 unspecified atom stereocenters. The second-order valence-electron chi connectivity index (χ2n) is 5.34. The minimum atomic E-state index is -3.02. The first-order valence-corrected chi connectivity index (χ1v) is 8.45. The maximum absolute atomic E-state index is 12.1. The van der Waals surface area contributed by atoms with E-state index in [0.29, 0.717) is 11.3 Å². The molecule has 1 aliphatic rings. The van der Waals surface area contributed by atoms with E-state index in [4.69, 9.17) is 0 Å². The molecule has 2 aromatic carbocycles. The van der Waals surface area contributed by atoms with Crippen molar-refractivity contribution in [3.63, 3.8) is 0 Å². The maximum atomic E-state index is 12.1. The molecular weight excluding hydrogens is 286 g/mol. The Labute approximate surface area is 123 Å². The number of sulfone groups is 1. The predicted octanol–water partition coefficient (Wildman–Crippen LogP) is 2.68. The lowest BCUT2D eigenvalue weighted by atomic mass is 10.1. The van der Waals surface area contributed by atoms with Crippen molar-refractivity contribution in [1.82, 2.24) is 0 Å². The lowest BCUT2D eigenvalue weighted by molar-refractivity contribution is 0.102. The molecule has 0 aromatic heterocycles. The largest absolute Gasteiger partial charge is 0.322 e. The van der Waals surface area contributed by atoms with Gasteiger partial charge in [-0.15, -0.1) is 0 Å². The Balaban J connectivity index is 1.80. The number of fused-ring (bicyclic) bond motifs is 1. The van der Waals surface area contributed by atoms with Crippen LogP contribution in [0.3, 0.4) is 0 Å². The van der Waals surface area contributed by atoms with Crippen LogP contribution in [-0.4, -0.2) is 14.3 Å². The highest BCUT2D eigenvalue weighted by molar-refractivity contribution is 7.90. The minimum Gasteiger partial charge on any atom is -0.322 e. The van der Waals surface area contributed by atoms with Crippen LogP contribution in [0, 0.1) is 6.92 Å². The van der Waals surface area contributed by atoms with Crippen LogP contribution in [0.15, 0.2) is 42.5 Å². The number of nitrogens with one attached hydrogen (secondary N) is 1. The molecule has 0 saturated heterocycles. The molecule has 1 N–H and O–H groups in total. The van der Waals surface area contributed by atoms with Gasteiger partial charge in [-0.3, -0.25) is 4.79 Å². The van der Waals surface area contributed by atoms with Crippen molar-refractivity contribution in [3.8, 4) is 0 Å². The quantitative estimate of drug-likeness (QED) is 0.927. The normalized spacial score (nSPS) is 15.5. The molecule has 1 heterocycles. The molecule has 0 atom stereocenters. The third-order valence-corrected chi connectivity index (χ3v) is 5.03. The van der Waals surface area contributed by atoms with Gasteiger partial charge in [0, 0.05) is 11.3 Å². The summed E-state index contributed by atoms with van der Waals surface area (Å²) in [5, 5.41) is 2.80. The van der Waals surface area contributed by atoms with Gasteiger partial charge in [0.25, 0.3) is 5.91 Å². The smallest absolute Gasteiger partial charge is 0.255 e. The molecule has 0 bridgehead atoms. The highest BCUT2D eigenvalue weighted by atomic mass is 32.2. The fourth-order valence-corrected chi connectivity index (χ4v) is 4.01. The average Bonchev–Trinajstić information content (AvgIpc) is 2.72. The molecule has 0 radical (unpaired) electrons. The van der Waals surface area contributed by atoms with Gasteiger partial charge in [-0.2, -0.15) is 0 Å². The SMILES string of the molecule is Cc1ccc(C(=O)Nc2ccc3c(c2)CS(=O)(=O)C3)cc1. The summed E-state index contributed by atoms with van der Waals surface area (Å²) in [6.07, 6.45) is 0. The number of rotatable bonds is 2. The fraction of sp³-hybridized carbons (Fsp3) is 0.188. The van der Waals surface area contributed by atoms with Crippen LogP contribution in [0.4, 0.5) is 5.69 Å². The molecule has 5 heteroatoms. The Morgan fingerprint density at radius 2 is 1.67 bits per heavy atom. The summed E-state index contributed by atoms with van der Waals surface area (Å²) in [7, 11) is -3.02. The molecule has 3 rings (SSSR count). The molecule has 1 amide bonds. The van der Waals surface area contributed by atoms with E-state index >= 15 is 0 Å². The first-order chi connectivity index (χ1) is 9.93. The van der Waals surface area contributed by atoms with Crippen LogP contribution in [-0.2, 0) is 21.3 Å². The van der Waals surface area contributed by atoms with Gasteiger partial charge in [-0.1, -0.05) is 23.8 Å². The zero-order valence-corrected chi connectivity index (χ0v) is 12.4. The molecule has 1 aliphatic heterocycles. The third-order valence-electron chi connectivity index (χ3n) is 3.53. The summed E-state index contributed by atoms with van der Waals surface area (Å²) < 4.78 is 23.2. The molecule has 0 aliphatic carbocycles. The van der Waals surface area contributed by atoms with Crippen LogP contribution in [0.5, 0.6) is 0 Å². The van der Waals surface area contributed by atoms with Crippen LogP contribution in [0.25, 0.3) is 0 Å². The van der Waals surface area contributed by atoms with E-state index in [9.17, 15) is 13.2 Å². The average molecular weight is 301 g/mol. The first-order valence-electron chi connectivity index (χ1n) is 6.63. The van der Waals surface area contributed by atoms with Gasteiger partial charge >= 0.3 is 0 Å². The van der Waals surface area contributed by atoms with Gasteiger partial charge < -0.3 is 5.32 Å². The number of benzene rings is 2. The number of carbonyl (C=O) groups excluding carboxylic acids is 1. The Hall–Kier alpha value is -2.14. The maximum Gasteiger partial charge on any atom is 0.255 e. The zero-order valence-electron chi connectivity index (χ0n) is 11.6. The van der Waals surface area contributed by atoms with Crippen molar-refractivity contribution >= 4 is 21.4 Å². The van der Waals surface area contributed by atoms with Crippen molar-refractivity contribution in [1.29, 1.82) is 0 Å². The topological polar surface area (TPSA) is 63.2 Å². The van der Waals surface area contributed by atoms with Gasteiger partial charge in [0.1, 0.15) is 0 Å². The predicted molar refractivity (Wildman–Crippen MR) is 81.9 cm³/mol. The summed E-state index contributed by atoms with van der Waals surface area (Å²) in [5.41, 5.74) is 3.89. The number of carbonyl (C=O) groups is 1. The van der Waals surface area contributed by atoms with Gasteiger partial charge in [0.2, 0.25) is 0 Å². The van der Waals surface area contributed by atoms with Crippen molar-refractivity contribution in [2.24, 2.45) is 0 Å². The Morgan fingerprint density at radius 3 is 2.38 bits per heavy atom. The lowest BCUT2D eigenvalue weighted by Gasteiger charge is -2.07. The first kappa shape index (κ1) is 13.8. The van der Waals surface area contributed by atoms with E-state index in [2.05, 4.69) is 5.32 Å². The molecule has 108 valence electrons. The lowest BCUT2D eigenvalue weighted by Crippen LogP contribution is -2.11. The van der Waals surface area contributed by atoms with Crippen molar-refractivity contribution in [2.45, 2.75) is 18.4 Å². The summed E-state index contributed by atoms with van der Waals surface area (Å²) in [5.74, 6) is -0.0544. The van der Waals surface area contributed by atoms with E-state index in [-0.39, 0.29) is 17.4 Å². The Morgan fingerprint density at radius 1 is 1.00 bits per heavy atom. The van der Waals surface area contributed by atoms with E-state index in [1.165, 1.54) is 0 Å². The van der Waals surface area contributed by atoms with Gasteiger partial charge in [0.15, 0.2) is 9.84 Å². The molecule has 0 spiro atoms. The summed E-state index contributed by atoms with van der Waals surface area (Å²) in [4.78, 5) is 12.1. The third kappa shape index (κ3) is 2.97. The molecule has 21 heavy (non-hydrogen) atoms. The highest BCUT2D eigenvalue weighted by Gasteiger charge is 2.24. The minimum absolute atomic E-state index is 0.0522. The van der Waals surface area contributed by atoms with E-state index in [1.807, 2.05) is 19.1 Å². The van der Waals surface area contributed by atoms with Crippen LogP contribution < -0.4 is 5.32 Å². The number of hydrogen-bond donors (Lipinski definition) is 1. The molecular formula is C16H15NO3S. The van der Waals surface area contributed by atoms with Crippen molar-refractivity contribution in [3.05, 3.63) is 64.7 Å². The number of anilines is 1. The van der Waals surface area contributed by atoms with Crippen molar-refractivity contribution < 1.29 is 13.2 Å². The van der Waals surface area contributed by atoms with Crippen LogP contribution in [0.2, 0.25) is 0 Å². The molecule has 2 aromatic rings. The molecule has 0 saturated carbocycles. The van der Waals surface area contributed by atoms with Crippen molar-refractivity contribution in [2.75, 3.05) is 5.32 Å². The Kier molecular flexibility index (Phi) is 3.29. The summed E-state index contributed by atoms with van der Waals surface area (Å²) in [6, 6.07) is 12.5. The van der Waals surface area contributed by atoms with Gasteiger partial charge in [-0.25, -0.2) is 8.42 Å². The second-order valence-corrected chi connectivity index (χ2v) is 7.40. The standard InChI is InChI=1S/C16H15NO3S/c1-11-2-4-12(5-3-11)16(18)17-15-7-6-13-9-21(19,20)10-14(13)8-15/h2-8H,9-10H2,1H3,(H,17,18). The number of hydrogen-bond acceptors (Lipinski definition) is 3. The van der Waals surface area contributed by atoms with E-state index in [1.54, 1.807) is 30.3 Å². The monoisotopic (exact) mass is 301 g/mol. The highest BCUT2D eigenvalue weighted by Crippen LogP contribution is 2.27. The van der Waals surface area contributed by atoms with Crippen LogP contribution in [0.1, 0.15) is 27.0 Å². The summed E-state index contributed by atoms with van der Waals surface area (Å²) in [6.45, 7) is 1.96. The number of aryl methyl sites for hydroxylation is 1. The molecule has 0 fully saturated rings. The second kappa shape index (κ2) is 5.00. The van der Waals surface area contributed by atoms with E-state index < -0.39 is 9.84 Å². The molecule has 4 nitrogen and oxygen atoms in total. The zero-order chi connectivity index (χ0) is 15.0. The van der Waals surface area contributed by atoms with Crippen LogP contribution >= 0.6 is 0 Å². The summed E-state index contributed by atoms with van der Waals surface area (Å²) >= 11 is 0. The van der Waals surface area contributed by atoms with Gasteiger partial charge in [0.05, 0.1) is 11.5 Å². The Bertz CT molecular complexity index is 808. The number of amides is 1. The van der Waals surface area contributed by atoms with Gasteiger partial charge in [-0.05, 0) is 42.3 Å². The fourth-order valence-electron chi connectivity index (χ4n) is 2.41. The van der Waals surface area contributed by atoms with E-state index in [0.717, 1.165) is 16.7 Å².